The standard InChI is InChI=1S/C35H47FN2O4/c1-4-38(24-25-9-14-33(31(36)19-25)42-18-17-37-15-7-5-6-8-16-37)32-23-35(41-3)34(40-2)22-30(32)28-11-10-27-21-29(39)13-12-26(27)20-28/h9,12-14,19,21-23,28,30,32,39H,4-8,10-11,15-18,20,24H2,1-3H3/t28-,30?,32?/m1/s1. The highest BCUT2D eigenvalue weighted by atomic mass is 19.1. The highest BCUT2D eigenvalue weighted by Crippen LogP contribution is 2.40. The van der Waals surface area contributed by atoms with Crippen LogP contribution in [-0.2, 0) is 28.9 Å². The van der Waals surface area contributed by atoms with Gasteiger partial charge in [-0.1, -0.05) is 31.9 Å². The number of benzene rings is 2. The number of aryl methyl sites for hydroxylation is 1. The van der Waals surface area contributed by atoms with Crippen LogP contribution in [0, 0.1) is 17.7 Å². The minimum absolute atomic E-state index is 0.0696. The third-order valence-corrected chi connectivity index (χ3v) is 9.32. The van der Waals surface area contributed by atoms with Crippen molar-refractivity contribution in [1.82, 2.24) is 9.80 Å². The Balaban J connectivity index is 1.29. The Morgan fingerprint density at radius 2 is 1.71 bits per heavy atom. The van der Waals surface area contributed by atoms with Gasteiger partial charge < -0.3 is 19.3 Å². The fourth-order valence-electron chi connectivity index (χ4n) is 6.97. The van der Waals surface area contributed by atoms with E-state index in [4.69, 9.17) is 14.2 Å². The van der Waals surface area contributed by atoms with Gasteiger partial charge in [0.1, 0.15) is 12.4 Å². The SMILES string of the molecule is CCN(Cc1ccc(OCCN2CCCCCC2)c(F)c1)C1C=C(OC)C(OC)=CC1[C@@H]1CCc2cc(O)ccc2C1. The van der Waals surface area contributed by atoms with Gasteiger partial charge in [-0.15, -0.1) is 0 Å². The van der Waals surface area contributed by atoms with Crippen molar-refractivity contribution in [2.75, 3.05) is 47.0 Å². The van der Waals surface area contributed by atoms with Crippen LogP contribution in [0.1, 0.15) is 55.7 Å². The molecular formula is C35H47FN2O4. The molecule has 1 aliphatic heterocycles. The van der Waals surface area contributed by atoms with E-state index in [0.717, 1.165) is 62.5 Å². The number of hydrogen-bond acceptors (Lipinski definition) is 6. The maximum Gasteiger partial charge on any atom is 0.165 e. The van der Waals surface area contributed by atoms with Crippen molar-refractivity contribution in [2.45, 2.75) is 64.5 Å². The topological polar surface area (TPSA) is 54.4 Å². The van der Waals surface area contributed by atoms with E-state index in [-0.39, 0.29) is 17.8 Å². The number of phenols is 1. The van der Waals surface area contributed by atoms with Crippen LogP contribution in [0.25, 0.3) is 0 Å². The van der Waals surface area contributed by atoms with E-state index in [9.17, 15) is 5.11 Å². The van der Waals surface area contributed by atoms with Gasteiger partial charge in [0.15, 0.2) is 23.1 Å². The number of nitrogens with zero attached hydrogens (tertiary/aromatic N) is 2. The van der Waals surface area contributed by atoms with Crippen LogP contribution in [0.4, 0.5) is 4.39 Å². The Kier molecular flexibility index (Phi) is 10.5. The molecule has 1 N–H and O–H groups in total. The molecule has 2 unspecified atom stereocenters. The van der Waals surface area contributed by atoms with Crippen LogP contribution >= 0.6 is 0 Å². The van der Waals surface area contributed by atoms with E-state index in [1.54, 1.807) is 32.4 Å². The number of aromatic hydroxyl groups is 1. The van der Waals surface area contributed by atoms with Gasteiger partial charge in [-0.05, 0) is 111 Å². The molecular weight excluding hydrogens is 531 g/mol. The molecule has 1 saturated heterocycles. The number of hydrogen-bond donors (Lipinski definition) is 1. The van der Waals surface area contributed by atoms with Gasteiger partial charge in [-0.3, -0.25) is 9.80 Å². The lowest BCUT2D eigenvalue weighted by molar-refractivity contribution is 0.132. The van der Waals surface area contributed by atoms with Crippen molar-refractivity contribution < 1.29 is 23.7 Å². The summed E-state index contributed by atoms with van der Waals surface area (Å²) in [5, 5.41) is 9.96. The largest absolute Gasteiger partial charge is 0.508 e. The molecule has 7 heteroatoms. The third-order valence-electron chi connectivity index (χ3n) is 9.32. The predicted octanol–water partition coefficient (Wildman–Crippen LogP) is 6.47. The van der Waals surface area contributed by atoms with Crippen molar-refractivity contribution in [3.63, 3.8) is 0 Å². The average molecular weight is 579 g/mol. The van der Waals surface area contributed by atoms with Crippen LogP contribution in [0.15, 0.2) is 60.1 Å². The lowest BCUT2D eigenvalue weighted by Gasteiger charge is -2.41. The van der Waals surface area contributed by atoms with Crippen LogP contribution in [0.2, 0.25) is 0 Å². The number of fused-ring (bicyclic) bond motifs is 1. The summed E-state index contributed by atoms with van der Waals surface area (Å²) in [6, 6.07) is 11.2. The van der Waals surface area contributed by atoms with Crippen molar-refractivity contribution in [2.24, 2.45) is 11.8 Å². The molecule has 2 aliphatic carbocycles. The smallest absolute Gasteiger partial charge is 0.165 e. The molecule has 0 radical (unpaired) electrons. The average Bonchev–Trinajstić information content (AvgIpc) is 3.29. The third kappa shape index (κ3) is 7.30. The molecule has 3 atom stereocenters. The summed E-state index contributed by atoms with van der Waals surface area (Å²) in [5.74, 6) is 2.45. The second-order valence-corrected chi connectivity index (χ2v) is 11.9. The number of methoxy groups -OCH3 is 2. The van der Waals surface area contributed by atoms with Gasteiger partial charge in [0.05, 0.1) is 14.2 Å². The fourth-order valence-corrected chi connectivity index (χ4v) is 6.97. The maximum atomic E-state index is 15.2. The first kappa shape index (κ1) is 30.4. The number of halogens is 1. The van der Waals surface area contributed by atoms with Crippen molar-refractivity contribution in [3.8, 4) is 11.5 Å². The number of phenolic OH excluding ortho intramolecular Hbond substituents is 1. The highest BCUT2D eigenvalue weighted by molar-refractivity contribution is 5.38. The summed E-state index contributed by atoms with van der Waals surface area (Å²) in [7, 11) is 3.36. The number of likely N-dealkylation sites (N-methyl/N-ethyl adjacent to an activating group) is 1. The first-order valence-electron chi connectivity index (χ1n) is 15.7. The normalized spacial score (nSPS) is 23.0. The Morgan fingerprint density at radius 3 is 2.43 bits per heavy atom. The Labute approximate surface area is 250 Å². The zero-order valence-corrected chi connectivity index (χ0v) is 25.5. The minimum Gasteiger partial charge on any atom is -0.508 e. The van der Waals surface area contributed by atoms with Crippen molar-refractivity contribution >= 4 is 0 Å². The van der Waals surface area contributed by atoms with E-state index < -0.39 is 0 Å². The molecule has 0 amide bonds. The monoisotopic (exact) mass is 578 g/mol. The van der Waals surface area contributed by atoms with Crippen molar-refractivity contribution in [3.05, 3.63) is 82.6 Å². The highest BCUT2D eigenvalue weighted by Gasteiger charge is 2.37. The summed E-state index contributed by atoms with van der Waals surface area (Å²) >= 11 is 0. The number of rotatable bonds is 11. The quantitative estimate of drug-likeness (QED) is 0.330. The Morgan fingerprint density at radius 1 is 0.952 bits per heavy atom. The molecule has 2 aromatic carbocycles. The lowest BCUT2D eigenvalue weighted by atomic mass is 9.72. The summed E-state index contributed by atoms with van der Waals surface area (Å²) in [4.78, 5) is 4.83. The second kappa shape index (κ2) is 14.4. The Bertz CT molecular complexity index is 1250. The summed E-state index contributed by atoms with van der Waals surface area (Å²) in [5.41, 5.74) is 3.46. The molecule has 0 saturated carbocycles. The lowest BCUT2D eigenvalue weighted by Crippen LogP contribution is -2.44. The van der Waals surface area contributed by atoms with Gasteiger partial charge in [0.2, 0.25) is 0 Å². The number of likely N-dealkylation sites (tertiary alicyclic amines) is 1. The molecule has 2 aromatic rings. The Hall–Kier alpha value is -3.03. The van der Waals surface area contributed by atoms with Gasteiger partial charge in [0, 0.05) is 25.0 Å². The summed E-state index contributed by atoms with van der Waals surface area (Å²) < 4.78 is 32.5. The summed E-state index contributed by atoms with van der Waals surface area (Å²) in [6.45, 7) is 7.13. The van der Waals surface area contributed by atoms with Crippen LogP contribution < -0.4 is 4.74 Å². The molecule has 1 heterocycles. The summed E-state index contributed by atoms with van der Waals surface area (Å²) in [6.07, 6.45) is 12.4. The molecule has 0 spiro atoms. The zero-order chi connectivity index (χ0) is 29.5. The molecule has 228 valence electrons. The van der Waals surface area contributed by atoms with Crippen LogP contribution in [0.5, 0.6) is 11.5 Å². The van der Waals surface area contributed by atoms with E-state index in [0.29, 0.717) is 30.6 Å². The maximum absolute atomic E-state index is 15.2. The van der Waals surface area contributed by atoms with E-state index in [2.05, 4.69) is 34.9 Å². The van der Waals surface area contributed by atoms with Gasteiger partial charge in [-0.25, -0.2) is 4.39 Å². The van der Waals surface area contributed by atoms with E-state index in [1.807, 2.05) is 12.1 Å². The molecule has 3 aliphatic rings. The molecule has 0 bridgehead atoms. The molecule has 1 fully saturated rings. The molecule has 42 heavy (non-hydrogen) atoms. The molecule has 6 nitrogen and oxygen atoms in total. The van der Waals surface area contributed by atoms with Gasteiger partial charge in [-0.2, -0.15) is 0 Å². The van der Waals surface area contributed by atoms with Crippen molar-refractivity contribution in [1.29, 1.82) is 0 Å². The second-order valence-electron chi connectivity index (χ2n) is 11.9. The van der Waals surface area contributed by atoms with Crippen LogP contribution in [-0.4, -0.2) is 68.0 Å². The first-order chi connectivity index (χ1) is 20.5. The van der Waals surface area contributed by atoms with E-state index >= 15 is 4.39 Å². The van der Waals surface area contributed by atoms with Gasteiger partial charge >= 0.3 is 0 Å². The minimum atomic E-state index is -0.304. The number of ether oxygens (including phenoxy) is 3. The van der Waals surface area contributed by atoms with E-state index in [1.165, 1.54) is 36.8 Å². The molecule has 0 aromatic heterocycles. The predicted molar refractivity (Wildman–Crippen MR) is 164 cm³/mol. The van der Waals surface area contributed by atoms with Crippen LogP contribution in [0.3, 0.4) is 0 Å². The van der Waals surface area contributed by atoms with Gasteiger partial charge in [0.25, 0.3) is 0 Å². The molecule has 5 rings (SSSR count). The fraction of sp³-hybridized carbons (Fsp3) is 0.543. The first-order valence-corrected chi connectivity index (χ1v) is 15.7. The zero-order valence-electron chi connectivity index (χ0n) is 25.5.